The van der Waals surface area contributed by atoms with Crippen LogP contribution in [0.1, 0.15) is 23.0 Å². The third-order valence-corrected chi connectivity index (χ3v) is 3.01. The molecule has 0 saturated heterocycles. The molecule has 2 nitrogen and oxygen atoms in total. The maximum atomic E-state index is 10.1. The first kappa shape index (κ1) is 11.5. The van der Waals surface area contributed by atoms with Crippen molar-refractivity contribution < 1.29 is 9.52 Å². The molecule has 2 rings (SSSR count). The largest absolute Gasteiger partial charge is 0.469 e. The quantitative estimate of drug-likeness (QED) is 0.882. The first-order valence-corrected chi connectivity index (χ1v) is 5.52. The molecule has 84 valence electrons. The second-order valence-corrected chi connectivity index (χ2v) is 4.34. The Morgan fingerprint density at radius 1 is 1.19 bits per heavy atom. The van der Waals surface area contributed by atoms with Crippen molar-refractivity contribution in [2.24, 2.45) is 0 Å². The first-order valence-electron chi connectivity index (χ1n) is 4.76. The highest BCUT2D eigenvalue weighted by Crippen LogP contribution is 2.31. The molecule has 1 atom stereocenters. The van der Waals surface area contributed by atoms with Crippen LogP contribution in [0.25, 0.3) is 0 Å². The summed E-state index contributed by atoms with van der Waals surface area (Å²) in [6.07, 6.45) is 0.751. The van der Waals surface area contributed by atoms with Gasteiger partial charge in [0.15, 0.2) is 0 Å². The molecular weight excluding hydrogens is 247 g/mol. The van der Waals surface area contributed by atoms with Gasteiger partial charge in [0.25, 0.3) is 0 Å². The van der Waals surface area contributed by atoms with Crippen LogP contribution in [0.2, 0.25) is 10.0 Å². The lowest BCUT2D eigenvalue weighted by Crippen LogP contribution is -2.00. The van der Waals surface area contributed by atoms with Crippen LogP contribution in [0, 0.1) is 6.92 Å². The van der Waals surface area contributed by atoms with Crippen molar-refractivity contribution in [2.75, 3.05) is 0 Å². The Labute approximate surface area is 103 Å². The number of hydrogen-bond donors (Lipinski definition) is 1. The summed E-state index contributed by atoms with van der Waals surface area (Å²) in [5, 5.41) is 11.1. The summed E-state index contributed by atoms with van der Waals surface area (Å²) < 4.78 is 5.14. The van der Waals surface area contributed by atoms with Crippen molar-refractivity contribution in [1.82, 2.24) is 0 Å². The summed E-state index contributed by atoms with van der Waals surface area (Å²) in [5.74, 6) is 0.679. The van der Waals surface area contributed by atoms with Gasteiger partial charge in [-0.25, -0.2) is 0 Å². The lowest BCUT2D eigenvalue weighted by Gasteiger charge is -2.12. The second-order valence-electron chi connectivity index (χ2n) is 3.50. The van der Waals surface area contributed by atoms with Gasteiger partial charge in [0.2, 0.25) is 0 Å². The average molecular weight is 257 g/mol. The lowest BCUT2D eigenvalue weighted by molar-refractivity contribution is 0.218. The minimum Gasteiger partial charge on any atom is -0.469 e. The summed E-state index contributed by atoms with van der Waals surface area (Å²) >= 11 is 11.8. The molecule has 2 aromatic rings. The van der Waals surface area contributed by atoms with Gasteiger partial charge in [-0.3, -0.25) is 0 Å². The average Bonchev–Trinajstić information content (AvgIpc) is 2.63. The summed E-state index contributed by atoms with van der Waals surface area (Å²) in [6.45, 7) is 1.79. The second kappa shape index (κ2) is 4.50. The highest BCUT2D eigenvalue weighted by Gasteiger charge is 2.17. The SMILES string of the molecule is Cc1occc1C(O)c1ccc(Cl)cc1Cl. The fourth-order valence-electron chi connectivity index (χ4n) is 1.57. The number of halogens is 2. The van der Waals surface area contributed by atoms with E-state index in [4.69, 9.17) is 27.6 Å². The molecule has 16 heavy (non-hydrogen) atoms. The van der Waals surface area contributed by atoms with E-state index in [1.54, 1.807) is 31.2 Å². The number of aliphatic hydroxyl groups excluding tert-OH is 1. The number of hydrogen-bond acceptors (Lipinski definition) is 2. The van der Waals surface area contributed by atoms with Gasteiger partial charge in [0, 0.05) is 21.2 Å². The number of rotatable bonds is 2. The highest BCUT2D eigenvalue weighted by atomic mass is 35.5. The van der Waals surface area contributed by atoms with Crippen LogP contribution < -0.4 is 0 Å². The van der Waals surface area contributed by atoms with Crippen LogP contribution in [0.4, 0.5) is 0 Å². The van der Waals surface area contributed by atoms with Crippen LogP contribution in [0.15, 0.2) is 34.9 Å². The van der Waals surface area contributed by atoms with Gasteiger partial charge in [0.05, 0.1) is 6.26 Å². The molecule has 0 aliphatic carbocycles. The fraction of sp³-hybridized carbons (Fsp3) is 0.167. The van der Waals surface area contributed by atoms with Crippen LogP contribution in [-0.4, -0.2) is 5.11 Å². The Bertz CT molecular complexity index is 505. The maximum Gasteiger partial charge on any atom is 0.109 e. The van der Waals surface area contributed by atoms with Gasteiger partial charge in [-0.15, -0.1) is 0 Å². The fourth-order valence-corrected chi connectivity index (χ4v) is 2.08. The molecule has 0 aliphatic heterocycles. The van der Waals surface area contributed by atoms with Crippen molar-refractivity contribution >= 4 is 23.2 Å². The van der Waals surface area contributed by atoms with E-state index in [0.717, 1.165) is 0 Å². The Kier molecular flexibility index (Phi) is 3.24. The Morgan fingerprint density at radius 3 is 2.50 bits per heavy atom. The molecule has 0 spiro atoms. The van der Waals surface area contributed by atoms with Crippen molar-refractivity contribution in [3.05, 3.63) is 57.5 Å². The van der Waals surface area contributed by atoms with E-state index in [1.165, 1.54) is 6.26 Å². The van der Waals surface area contributed by atoms with E-state index in [1.807, 2.05) is 0 Å². The van der Waals surface area contributed by atoms with Gasteiger partial charge < -0.3 is 9.52 Å². The van der Waals surface area contributed by atoms with Gasteiger partial charge >= 0.3 is 0 Å². The van der Waals surface area contributed by atoms with Crippen molar-refractivity contribution in [2.45, 2.75) is 13.0 Å². The van der Waals surface area contributed by atoms with E-state index in [2.05, 4.69) is 0 Å². The third-order valence-electron chi connectivity index (χ3n) is 2.45. The van der Waals surface area contributed by atoms with Gasteiger partial charge in [-0.2, -0.15) is 0 Å². The maximum absolute atomic E-state index is 10.1. The normalized spacial score (nSPS) is 12.8. The van der Waals surface area contributed by atoms with Crippen molar-refractivity contribution in [3.8, 4) is 0 Å². The van der Waals surface area contributed by atoms with Crippen LogP contribution in [0.3, 0.4) is 0 Å². The molecule has 1 unspecified atom stereocenters. The van der Waals surface area contributed by atoms with Crippen molar-refractivity contribution in [3.63, 3.8) is 0 Å². The molecular formula is C12H10Cl2O2. The van der Waals surface area contributed by atoms with Gasteiger partial charge in [0.1, 0.15) is 11.9 Å². The minimum atomic E-state index is -0.788. The molecule has 4 heteroatoms. The zero-order valence-corrected chi connectivity index (χ0v) is 10.1. The predicted molar refractivity (Wildman–Crippen MR) is 64.0 cm³/mol. The Morgan fingerprint density at radius 2 is 1.94 bits per heavy atom. The van der Waals surface area contributed by atoms with Crippen LogP contribution >= 0.6 is 23.2 Å². The molecule has 0 radical (unpaired) electrons. The molecule has 1 aromatic heterocycles. The minimum absolute atomic E-state index is 0.445. The molecule has 0 aliphatic rings. The van der Waals surface area contributed by atoms with Crippen LogP contribution in [0.5, 0.6) is 0 Å². The summed E-state index contributed by atoms with van der Waals surface area (Å²) in [6, 6.07) is 6.74. The number of aryl methyl sites for hydroxylation is 1. The third kappa shape index (κ3) is 2.09. The molecule has 0 saturated carbocycles. The topological polar surface area (TPSA) is 33.4 Å². The Hall–Kier alpha value is -0.960. The van der Waals surface area contributed by atoms with Gasteiger partial charge in [-0.05, 0) is 25.1 Å². The Balaban J connectivity index is 2.41. The molecule has 0 fully saturated rings. The molecule has 0 amide bonds. The van der Waals surface area contributed by atoms with Gasteiger partial charge in [-0.1, -0.05) is 29.3 Å². The standard InChI is InChI=1S/C12H10Cl2O2/c1-7-9(4-5-16-7)12(15)10-3-2-8(13)6-11(10)14/h2-6,12,15H,1H3. The first-order chi connectivity index (χ1) is 7.59. The van der Waals surface area contributed by atoms with E-state index in [0.29, 0.717) is 26.9 Å². The summed E-state index contributed by atoms with van der Waals surface area (Å²) in [5.41, 5.74) is 1.33. The number of benzene rings is 1. The zero-order valence-electron chi connectivity index (χ0n) is 8.58. The number of aliphatic hydroxyl groups is 1. The van der Waals surface area contributed by atoms with E-state index >= 15 is 0 Å². The summed E-state index contributed by atoms with van der Waals surface area (Å²) in [4.78, 5) is 0. The zero-order chi connectivity index (χ0) is 11.7. The monoisotopic (exact) mass is 256 g/mol. The lowest BCUT2D eigenvalue weighted by atomic mass is 10.0. The predicted octanol–water partition coefficient (Wildman–Crippen LogP) is 3.98. The highest BCUT2D eigenvalue weighted by molar-refractivity contribution is 6.35. The smallest absolute Gasteiger partial charge is 0.109 e. The molecule has 1 aromatic carbocycles. The number of furan rings is 1. The van der Waals surface area contributed by atoms with E-state index in [-0.39, 0.29) is 0 Å². The molecule has 0 bridgehead atoms. The van der Waals surface area contributed by atoms with E-state index < -0.39 is 6.10 Å². The molecule has 1 heterocycles. The van der Waals surface area contributed by atoms with E-state index in [9.17, 15) is 5.11 Å². The summed E-state index contributed by atoms with van der Waals surface area (Å²) in [7, 11) is 0. The van der Waals surface area contributed by atoms with Crippen molar-refractivity contribution in [1.29, 1.82) is 0 Å². The molecule has 1 N–H and O–H groups in total. The van der Waals surface area contributed by atoms with Crippen LogP contribution in [-0.2, 0) is 0 Å².